The fraction of sp³-hybridized carbons (Fsp3) is 0.417. The summed E-state index contributed by atoms with van der Waals surface area (Å²) in [4.78, 5) is 27.4. The molecule has 4 rings (SSSR count). The van der Waals surface area contributed by atoms with E-state index < -0.39 is 11.6 Å². The maximum atomic E-state index is 13.9. The molecular weight excluding hydrogens is 388 g/mol. The van der Waals surface area contributed by atoms with Crippen molar-refractivity contribution in [3.63, 3.8) is 0 Å². The quantitative estimate of drug-likeness (QED) is 0.689. The van der Waals surface area contributed by atoms with Gasteiger partial charge in [0, 0.05) is 30.5 Å². The number of hydrogen-bond donors (Lipinski definition) is 0. The number of hydrogen-bond acceptors (Lipinski definition) is 3. The van der Waals surface area contributed by atoms with Crippen LogP contribution in [0.2, 0.25) is 0 Å². The first-order valence-corrected chi connectivity index (χ1v) is 10.5. The smallest absolute Gasteiger partial charge is 0.410 e. The maximum Gasteiger partial charge on any atom is 0.410 e. The lowest BCUT2D eigenvalue weighted by Crippen LogP contribution is -2.55. The highest BCUT2D eigenvalue weighted by Crippen LogP contribution is 2.38. The third kappa shape index (κ3) is 4.53. The summed E-state index contributed by atoms with van der Waals surface area (Å²) < 4.78 is 32.6. The van der Waals surface area contributed by atoms with Gasteiger partial charge in [0.2, 0.25) is 0 Å². The monoisotopic (exact) mass is 413 g/mol. The Labute approximate surface area is 174 Å². The molecule has 2 unspecified atom stereocenters. The predicted octanol–water partition coefficient (Wildman–Crippen LogP) is 5.05. The van der Waals surface area contributed by atoms with Crippen LogP contribution in [-0.2, 0) is 22.6 Å². The van der Waals surface area contributed by atoms with Crippen LogP contribution in [0.5, 0.6) is 0 Å². The summed E-state index contributed by atoms with van der Waals surface area (Å²) in [7, 11) is 0. The Morgan fingerprint density at radius 3 is 2.37 bits per heavy atom. The molecule has 0 N–H and O–H groups in total. The van der Waals surface area contributed by atoms with Crippen molar-refractivity contribution in [3.8, 4) is 0 Å². The summed E-state index contributed by atoms with van der Waals surface area (Å²) in [5.74, 6) is -1.61. The molecule has 4 nitrogen and oxygen atoms in total. The first-order valence-electron chi connectivity index (χ1n) is 10.5. The van der Waals surface area contributed by atoms with E-state index in [1.807, 2.05) is 35.2 Å². The zero-order valence-electron chi connectivity index (χ0n) is 16.7. The summed E-state index contributed by atoms with van der Waals surface area (Å²) in [5, 5.41) is 0. The minimum Gasteiger partial charge on any atom is -0.445 e. The molecule has 2 heterocycles. The maximum absolute atomic E-state index is 13.9. The molecule has 158 valence electrons. The first kappa shape index (κ1) is 20.5. The van der Waals surface area contributed by atoms with Gasteiger partial charge in [0.15, 0.2) is 0 Å². The van der Waals surface area contributed by atoms with Gasteiger partial charge in [-0.1, -0.05) is 36.4 Å². The van der Waals surface area contributed by atoms with Crippen molar-refractivity contribution in [3.05, 3.63) is 71.3 Å². The van der Waals surface area contributed by atoms with Crippen molar-refractivity contribution in [1.82, 2.24) is 4.90 Å². The zero-order valence-corrected chi connectivity index (χ0v) is 16.7. The van der Waals surface area contributed by atoms with Gasteiger partial charge in [-0.25, -0.2) is 13.6 Å². The van der Waals surface area contributed by atoms with Gasteiger partial charge in [-0.15, -0.1) is 0 Å². The first-order chi connectivity index (χ1) is 14.5. The molecule has 2 aromatic rings. The van der Waals surface area contributed by atoms with Crippen LogP contribution in [-0.4, -0.2) is 28.9 Å². The molecule has 0 saturated carbocycles. The molecule has 2 saturated heterocycles. The number of fused-ring (bicyclic) bond motifs is 2. The molecule has 0 radical (unpaired) electrons. The summed E-state index contributed by atoms with van der Waals surface area (Å²) in [6, 6.07) is 12.8. The van der Waals surface area contributed by atoms with Crippen molar-refractivity contribution < 1.29 is 23.1 Å². The van der Waals surface area contributed by atoms with E-state index in [2.05, 4.69) is 0 Å². The third-order valence-electron chi connectivity index (χ3n) is 6.23. The molecule has 30 heavy (non-hydrogen) atoms. The molecule has 1 amide bonds. The van der Waals surface area contributed by atoms with Crippen LogP contribution in [0.4, 0.5) is 13.6 Å². The highest BCUT2D eigenvalue weighted by atomic mass is 19.1. The number of piperidine rings is 2. The van der Waals surface area contributed by atoms with Crippen molar-refractivity contribution in [2.75, 3.05) is 0 Å². The van der Waals surface area contributed by atoms with Gasteiger partial charge >= 0.3 is 6.09 Å². The Balaban J connectivity index is 1.39. The lowest BCUT2D eigenvalue weighted by molar-refractivity contribution is -0.126. The van der Waals surface area contributed by atoms with Gasteiger partial charge in [-0.3, -0.25) is 4.79 Å². The number of nitrogens with zero attached hydrogens (tertiary/aromatic N) is 1. The van der Waals surface area contributed by atoms with E-state index in [0.717, 1.165) is 30.9 Å². The van der Waals surface area contributed by atoms with Crippen LogP contribution in [0.3, 0.4) is 0 Å². The van der Waals surface area contributed by atoms with Crippen LogP contribution >= 0.6 is 0 Å². The lowest BCUT2D eigenvalue weighted by atomic mass is 9.76. The van der Waals surface area contributed by atoms with Gasteiger partial charge in [-0.2, -0.15) is 0 Å². The number of halogens is 2. The Bertz CT molecular complexity index is 904. The van der Waals surface area contributed by atoms with Crippen LogP contribution < -0.4 is 0 Å². The number of ether oxygens (including phenoxy) is 1. The minimum absolute atomic E-state index is 0.0345. The minimum atomic E-state index is -0.689. The number of ketones is 1. The molecule has 0 aliphatic carbocycles. The Kier molecular flexibility index (Phi) is 6.11. The van der Waals surface area contributed by atoms with Crippen LogP contribution in [0.15, 0.2) is 48.5 Å². The van der Waals surface area contributed by atoms with Gasteiger partial charge in [0.1, 0.15) is 24.0 Å². The fourth-order valence-electron chi connectivity index (χ4n) is 4.73. The van der Waals surface area contributed by atoms with Crippen molar-refractivity contribution in [1.29, 1.82) is 0 Å². The summed E-state index contributed by atoms with van der Waals surface area (Å²) in [6.45, 7) is 0.224. The molecule has 2 fully saturated rings. The number of benzene rings is 2. The number of Topliss-reactive ketones (excluding diaryl/α,β-unsaturated/α-hetero) is 1. The summed E-state index contributed by atoms with van der Waals surface area (Å²) >= 11 is 0. The molecule has 0 aromatic heterocycles. The number of carbonyl (C=O) groups excluding carboxylic acids is 2. The van der Waals surface area contributed by atoms with Gasteiger partial charge in [0.25, 0.3) is 0 Å². The van der Waals surface area contributed by atoms with E-state index >= 15 is 0 Å². The number of rotatable bonds is 5. The van der Waals surface area contributed by atoms with E-state index in [0.29, 0.717) is 12.8 Å². The highest BCUT2D eigenvalue weighted by Gasteiger charge is 2.43. The topological polar surface area (TPSA) is 46.6 Å². The molecule has 2 aliphatic rings. The zero-order chi connectivity index (χ0) is 21.1. The Morgan fingerprint density at radius 2 is 1.70 bits per heavy atom. The van der Waals surface area contributed by atoms with E-state index in [4.69, 9.17) is 4.74 Å². The van der Waals surface area contributed by atoms with Gasteiger partial charge in [0.05, 0.1) is 0 Å². The van der Waals surface area contributed by atoms with Gasteiger partial charge in [-0.05, 0) is 49.3 Å². The van der Waals surface area contributed by atoms with E-state index in [1.54, 1.807) is 0 Å². The molecule has 2 aliphatic heterocycles. The van der Waals surface area contributed by atoms with Crippen molar-refractivity contribution in [2.45, 2.75) is 57.2 Å². The SMILES string of the molecule is O=C(Cc1ccc(F)cc1F)C1CC2CCCC(C1)N2C(=O)OCc1ccccc1. The fourth-order valence-corrected chi connectivity index (χ4v) is 4.73. The standard InChI is InChI=1S/C24H25F2NO3/c25-19-10-9-17(22(26)14-19)13-23(28)18-11-20-7-4-8-21(12-18)27(20)24(29)30-15-16-5-2-1-3-6-16/h1-3,5-6,9-10,14,18,20-21H,4,7-8,11-13,15H2. The molecule has 0 spiro atoms. The van der Waals surface area contributed by atoms with Crippen LogP contribution in [0, 0.1) is 17.6 Å². The van der Waals surface area contributed by atoms with Crippen LogP contribution in [0.25, 0.3) is 0 Å². The van der Waals surface area contributed by atoms with Crippen LogP contribution in [0.1, 0.15) is 43.2 Å². The second-order valence-electron chi connectivity index (χ2n) is 8.23. The van der Waals surface area contributed by atoms with E-state index in [1.165, 1.54) is 12.1 Å². The van der Waals surface area contributed by atoms with Crippen molar-refractivity contribution in [2.24, 2.45) is 5.92 Å². The third-order valence-corrected chi connectivity index (χ3v) is 6.23. The molecule has 2 bridgehead atoms. The number of carbonyl (C=O) groups is 2. The van der Waals surface area contributed by atoms with Gasteiger partial charge < -0.3 is 9.64 Å². The average molecular weight is 413 g/mol. The second kappa shape index (κ2) is 8.94. The largest absolute Gasteiger partial charge is 0.445 e. The molecular formula is C24H25F2NO3. The second-order valence-corrected chi connectivity index (χ2v) is 8.23. The normalized spacial score (nSPS) is 23.1. The Hall–Kier alpha value is -2.76. The average Bonchev–Trinajstić information content (AvgIpc) is 2.73. The number of amides is 1. The molecule has 2 atom stereocenters. The summed E-state index contributed by atoms with van der Waals surface area (Å²) in [5.41, 5.74) is 1.15. The predicted molar refractivity (Wildman–Crippen MR) is 108 cm³/mol. The lowest BCUT2D eigenvalue weighted by Gasteiger charge is -2.47. The molecule has 6 heteroatoms. The summed E-state index contributed by atoms with van der Waals surface area (Å²) in [6.07, 6.45) is 3.46. The molecule has 2 aromatic carbocycles. The van der Waals surface area contributed by atoms with E-state index in [-0.39, 0.29) is 48.5 Å². The Morgan fingerprint density at radius 1 is 1.00 bits per heavy atom. The van der Waals surface area contributed by atoms with Crippen molar-refractivity contribution >= 4 is 11.9 Å². The highest BCUT2D eigenvalue weighted by molar-refractivity contribution is 5.84. The van der Waals surface area contributed by atoms with E-state index in [9.17, 15) is 18.4 Å².